The van der Waals surface area contributed by atoms with Crippen LogP contribution in [0.4, 0.5) is 0 Å². The van der Waals surface area contributed by atoms with Crippen molar-refractivity contribution in [1.82, 2.24) is 14.7 Å². The van der Waals surface area contributed by atoms with E-state index in [4.69, 9.17) is 0 Å². The van der Waals surface area contributed by atoms with E-state index in [1.807, 2.05) is 0 Å². The van der Waals surface area contributed by atoms with Gasteiger partial charge in [0.2, 0.25) is 0 Å². The van der Waals surface area contributed by atoms with Gasteiger partial charge in [0, 0.05) is 44.8 Å². The molecule has 0 aromatic carbocycles. The summed E-state index contributed by atoms with van der Waals surface area (Å²) in [4.78, 5) is 7.90. The predicted molar refractivity (Wildman–Crippen MR) is 78.0 cm³/mol. The Bertz CT molecular complexity index is 248. The third kappa shape index (κ3) is 3.25. The Hall–Kier alpha value is -0.120. The van der Waals surface area contributed by atoms with Gasteiger partial charge in [0.15, 0.2) is 0 Å². The summed E-state index contributed by atoms with van der Waals surface area (Å²) in [5, 5.41) is 0. The lowest BCUT2D eigenvalue weighted by atomic mass is 9.87. The van der Waals surface area contributed by atoms with Crippen molar-refractivity contribution in [3.8, 4) is 0 Å². The van der Waals surface area contributed by atoms with E-state index in [1.54, 1.807) is 0 Å². The lowest BCUT2D eigenvalue weighted by molar-refractivity contribution is 0.0116. The van der Waals surface area contributed by atoms with Crippen LogP contribution in [0, 0.1) is 5.92 Å². The summed E-state index contributed by atoms with van der Waals surface area (Å²) in [6.07, 6.45) is 2.65. The molecule has 0 aromatic rings. The third-order valence-electron chi connectivity index (χ3n) is 4.90. The van der Waals surface area contributed by atoms with E-state index < -0.39 is 0 Å². The molecule has 2 saturated heterocycles. The maximum atomic E-state index is 2.75. The molecule has 0 amide bonds. The fourth-order valence-electron chi connectivity index (χ4n) is 3.66. The molecule has 2 fully saturated rings. The van der Waals surface area contributed by atoms with Crippen molar-refractivity contribution in [2.45, 2.75) is 45.7 Å². The van der Waals surface area contributed by atoms with Gasteiger partial charge >= 0.3 is 0 Å². The first-order chi connectivity index (χ1) is 8.61. The highest BCUT2D eigenvalue weighted by Gasteiger charge is 2.34. The van der Waals surface area contributed by atoms with Crippen LogP contribution in [-0.4, -0.2) is 73.1 Å². The molecule has 0 bridgehead atoms. The molecule has 2 aliphatic heterocycles. The normalized spacial score (nSPS) is 37.0. The summed E-state index contributed by atoms with van der Waals surface area (Å²) in [6.45, 7) is 14.8. The topological polar surface area (TPSA) is 9.72 Å². The maximum absolute atomic E-state index is 2.75. The molecule has 3 atom stereocenters. The van der Waals surface area contributed by atoms with Crippen molar-refractivity contribution in [2.75, 3.05) is 46.3 Å². The minimum absolute atomic E-state index is 0.769. The van der Waals surface area contributed by atoms with E-state index in [9.17, 15) is 0 Å². The van der Waals surface area contributed by atoms with Crippen LogP contribution in [0.15, 0.2) is 0 Å². The number of likely N-dealkylation sites (tertiary alicyclic amines) is 1. The van der Waals surface area contributed by atoms with Crippen molar-refractivity contribution in [1.29, 1.82) is 0 Å². The molecule has 0 spiro atoms. The molecule has 1 unspecified atom stereocenters. The molecule has 2 rings (SSSR count). The molecule has 106 valence electrons. The van der Waals surface area contributed by atoms with Crippen molar-refractivity contribution in [3.63, 3.8) is 0 Å². The summed E-state index contributed by atoms with van der Waals surface area (Å²) >= 11 is 0. The molecule has 0 radical (unpaired) electrons. The van der Waals surface area contributed by atoms with Crippen LogP contribution in [0.2, 0.25) is 0 Å². The highest BCUT2D eigenvalue weighted by Crippen LogP contribution is 2.27. The lowest BCUT2D eigenvalue weighted by Gasteiger charge is -2.48. The van der Waals surface area contributed by atoms with Crippen molar-refractivity contribution in [3.05, 3.63) is 0 Å². The number of nitrogens with zero attached hydrogens (tertiary/aromatic N) is 3. The fraction of sp³-hybridized carbons (Fsp3) is 1.00. The van der Waals surface area contributed by atoms with Crippen LogP contribution in [-0.2, 0) is 0 Å². The number of piperazine rings is 1. The molecule has 2 heterocycles. The van der Waals surface area contributed by atoms with Gasteiger partial charge in [-0.1, -0.05) is 13.8 Å². The first-order valence-electron chi connectivity index (χ1n) is 7.78. The van der Waals surface area contributed by atoms with Gasteiger partial charge in [-0.15, -0.1) is 0 Å². The number of hydrogen-bond donors (Lipinski definition) is 0. The van der Waals surface area contributed by atoms with Crippen LogP contribution in [0.3, 0.4) is 0 Å². The van der Waals surface area contributed by atoms with Gasteiger partial charge in [0.05, 0.1) is 0 Å². The predicted octanol–water partition coefficient (Wildman–Crippen LogP) is 1.74. The minimum Gasteiger partial charge on any atom is -0.304 e. The molecule has 0 N–H and O–H groups in total. The van der Waals surface area contributed by atoms with E-state index in [2.05, 4.69) is 42.5 Å². The summed E-state index contributed by atoms with van der Waals surface area (Å²) in [7, 11) is 2.24. The number of likely N-dealkylation sites (N-methyl/N-ethyl adjacent to an activating group) is 1. The maximum Gasteiger partial charge on any atom is 0.0149 e. The zero-order valence-electron chi connectivity index (χ0n) is 12.7. The SMILES string of the molecule is CCCN1C[C@H](C)C(N2CCN(C)CC2)C[C@H]1C. The van der Waals surface area contributed by atoms with Gasteiger partial charge in [-0.3, -0.25) is 4.90 Å². The first-order valence-corrected chi connectivity index (χ1v) is 7.78. The van der Waals surface area contributed by atoms with Gasteiger partial charge in [-0.05, 0) is 39.3 Å². The average Bonchev–Trinajstić information content (AvgIpc) is 2.35. The Labute approximate surface area is 113 Å². The molecule has 0 aliphatic carbocycles. The second-order valence-electron chi connectivity index (χ2n) is 6.46. The smallest absolute Gasteiger partial charge is 0.0149 e. The van der Waals surface area contributed by atoms with Gasteiger partial charge in [0.1, 0.15) is 0 Å². The van der Waals surface area contributed by atoms with E-state index in [1.165, 1.54) is 52.1 Å². The van der Waals surface area contributed by atoms with Crippen LogP contribution < -0.4 is 0 Å². The highest BCUT2D eigenvalue weighted by atomic mass is 15.3. The van der Waals surface area contributed by atoms with Crippen LogP contribution in [0.25, 0.3) is 0 Å². The first kappa shape index (κ1) is 14.3. The van der Waals surface area contributed by atoms with Gasteiger partial charge in [-0.2, -0.15) is 0 Å². The molecule has 3 heteroatoms. The summed E-state index contributed by atoms with van der Waals surface area (Å²) < 4.78 is 0. The minimum atomic E-state index is 0.769. The molecule has 3 nitrogen and oxygen atoms in total. The van der Waals surface area contributed by atoms with Crippen molar-refractivity contribution < 1.29 is 0 Å². The van der Waals surface area contributed by atoms with Crippen molar-refractivity contribution >= 4 is 0 Å². The van der Waals surface area contributed by atoms with Gasteiger partial charge in [0.25, 0.3) is 0 Å². The van der Waals surface area contributed by atoms with Crippen LogP contribution in [0.1, 0.15) is 33.6 Å². The Kier molecular flexibility index (Phi) is 5.05. The van der Waals surface area contributed by atoms with Gasteiger partial charge in [-0.25, -0.2) is 0 Å². The second-order valence-corrected chi connectivity index (χ2v) is 6.46. The van der Waals surface area contributed by atoms with E-state index in [0.29, 0.717) is 0 Å². The largest absolute Gasteiger partial charge is 0.304 e. The molecule has 0 saturated carbocycles. The summed E-state index contributed by atoms with van der Waals surface area (Å²) in [6, 6.07) is 1.59. The average molecular weight is 253 g/mol. The number of hydrogen-bond acceptors (Lipinski definition) is 3. The Balaban J connectivity index is 1.90. The summed E-state index contributed by atoms with van der Waals surface area (Å²) in [5.74, 6) is 0.830. The van der Waals surface area contributed by atoms with E-state index >= 15 is 0 Å². The highest BCUT2D eigenvalue weighted by molar-refractivity contribution is 4.90. The van der Waals surface area contributed by atoms with Crippen molar-refractivity contribution in [2.24, 2.45) is 5.92 Å². The monoisotopic (exact) mass is 253 g/mol. The third-order valence-corrected chi connectivity index (χ3v) is 4.90. The molecular weight excluding hydrogens is 222 g/mol. The Morgan fingerprint density at radius 1 is 1.06 bits per heavy atom. The Morgan fingerprint density at radius 3 is 2.33 bits per heavy atom. The number of rotatable bonds is 3. The lowest BCUT2D eigenvalue weighted by Crippen LogP contribution is -2.57. The quantitative estimate of drug-likeness (QED) is 0.758. The van der Waals surface area contributed by atoms with Crippen LogP contribution in [0.5, 0.6) is 0 Å². The zero-order valence-corrected chi connectivity index (χ0v) is 12.7. The molecule has 18 heavy (non-hydrogen) atoms. The van der Waals surface area contributed by atoms with Crippen LogP contribution >= 0.6 is 0 Å². The second kappa shape index (κ2) is 6.36. The zero-order chi connectivity index (χ0) is 13.1. The summed E-state index contributed by atoms with van der Waals surface area (Å²) in [5.41, 5.74) is 0. The fourth-order valence-corrected chi connectivity index (χ4v) is 3.66. The molecule has 2 aliphatic rings. The van der Waals surface area contributed by atoms with E-state index in [-0.39, 0.29) is 0 Å². The molecule has 0 aromatic heterocycles. The Morgan fingerprint density at radius 2 is 1.72 bits per heavy atom. The van der Waals surface area contributed by atoms with E-state index in [0.717, 1.165) is 18.0 Å². The number of piperidine rings is 1. The standard InChI is InChI=1S/C15H31N3/c1-5-6-18-12-13(2)15(11-14(18)3)17-9-7-16(4)8-10-17/h13-15H,5-12H2,1-4H3/t13-,14+,15?/m0/s1. The molecular formula is C15H31N3. The van der Waals surface area contributed by atoms with Gasteiger partial charge < -0.3 is 9.80 Å².